The van der Waals surface area contributed by atoms with Crippen molar-refractivity contribution in [1.29, 1.82) is 0 Å². The van der Waals surface area contributed by atoms with Crippen molar-refractivity contribution in [2.45, 2.75) is 13.5 Å². The lowest BCUT2D eigenvalue weighted by atomic mass is 10.2. The van der Waals surface area contributed by atoms with E-state index in [9.17, 15) is 14.9 Å². The Kier molecular flexibility index (Phi) is 4.58. The number of nitrogens with one attached hydrogen (secondary N) is 1. The summed E-state index contributed by atoms with van der Waals surface area (Å²) in [5, 5.41) is 25.3. The Morgan fingerprint density at radius 1 is 1.76 bits per heavy atom. The standard InChI is InChI=1S/C9H14N4O4/c1-7(6-14)4-10-9(15)5-12-3-2-8(11-12)13(16)17/h2-3,7,14H,4-6H2,1H3,(H,10,15). The number of aromatic nitrogens is 2. The van der Waals surface area contributed by atoms with Crippen LogP contribution in [0.25, 0.3) is 0 Å². The summed E-state index contributed by atoms with van der Waals surface area (Å²) >= 11 is 0. The van der Waals surface area contributed by atoms with E-state index in [1.54, 1.807) is 6.92 Å². The number of rotatable bonds is 6. The van der Waals surface area contributed by atoms with Gasteiger partial charge in [-0.2, -0.15) is 4.68 Å². The van der Waals surface area contributed by atoms with Crippen LogP contribution in [0.1, 0.15) is 6.92 Å². The summed E-state index contributed by atoms with van der Waals surface area (Å²) in [7, 11) is 0. The molecule has 94 valence electrons. The topological polar surface area (TPSA) is 110 Å². The van der Waals surface area contributed by atoms with Gasteiger partial charge in [-0.3, -0.25) is 4.79 Å². The molecule has 0 aromatic carbocycles. The van der Waals surface area contributed by atoms with Gasteiger partial charge in [0, 0.05) is 13.2 Å². The van der Waals surface area contributed by atoms with Gasteiger partial charge < -0.3 is 20.5 Å². The van der Waals surface area contributed by atoms with Crippen LogP contribution in [-0.4, -0.2) is 38.9 Å². The molecule has 0 saturated carbocycles. The summed E-state index contributed by atoms with van der Waals surface area (Å²) in [6.07, 6.45) is 1.37. The third kappa shape index (κ3) is 4.19. The Balaban J connectivity index is 2.42. The van der Waals surface area contributed by atoms with E-state index in [1.807, 2.05) is 0 Å². The summed E-state index contributed by atoms with van der Waals surface area (Å²) in [5.41, 5.74) is 0. The maximum absolute atomic E-state index is 11.4. The summed E-state index contributed by atoms with van der Waals surface area (Å²) in [6.45, 7) is 2.07. The van der Waals surface area contributed by atoms with Crippen molar-refractivity contribution in [1.82, 2.24) is 15.1 Å². The molecule has 0 aliphatic carbocycles. The third-order valence-corrected chi connectivity index (χ3v) is 2.08. The van der Waals surface area contributed by atoms with Crippen molar-refractivity contribution in [2.75, 3.05) is 13.2 Å². The molecule has 0 aliphatic heterocycles. The molecule has 8 nitrogen and oxygen atoms in total. The summed E-state index contributed by atoms with van der Waals surface area (Å²) in [4.78, 5) is 21.1. The van der Waals surface area contributed by atoms with Crippen LogP contribution in [-0.2, 0) is 11.3 Å². The normalized spacial score (nSPS) is 12.1. The van der Waals surface area contributed by atoms with Crippen molar-refractivity contribution in [3.05, 3.63) is 22.4 Å². The zero-order chi connectivity index (χ0) is 12.8. The third-order valence-electron chi connectivity index (χ3n) is 2.08. The van der Waals surface area contributed by atoms with E-state index in [4.69, 9.17) is 5.11 Å². The Morgan fingerprint density at radius 3 is 3.00 bits per heavy atom. The van der Waals surface area contributed by atoms with Crippen LogP contribution in [0.2, 0.25) is 0 Å². The summed E-state index contributed by atoms with van der Waals surface area (Å²) < 4.78 is 1.19. The van der Waals surface area contributed by atoms with Gasteiger partial charge in [0.05, 0.1) is 17.4 Å². The van der Waals surface area contributed by atoms with Crippen LogP contribution in [0.4, 0.5) is 5.82 Å². The molecule has 0 spiro atoms. The fourth-order valence-corrected chi connectivity index (χ4v) is 1.09. The molecule has 0 saturated heterocycles. The zero-order valence-electron chi connectivity index (χ0n) is 9.37. The van der Waals surface area contributed by atoms with E-state index >= 15 is 0 Å². The highest BCUT2D eigenvalue weighted by Gasteiger charge is 2.13. The minimum atomic E-state index is -0.623. The number of hydrogen-bond acceptors (Lipinski definition) is 5. The van der Waals surface area contributed by atoms with Crippen molar-refractivity contribution in [2.24, 2.45) is 5.92 Å². The second-order valence-electron chi connectivity index (χ2n) is 3.72. The first kappa shape index (κ1) is 13.1. The molecule has 0 fully saturated rings. The second kappa shape index (κ2) is 5.94. The quantitative estimate of drug-likeness (QED) is 0.518. The lowest BCUT2D eigenvalue weighted by Crippen LogP contribution is -2.32. The Bertz CT molecular complexity index is 403. The van der Waals surface area contributed by atoms with Gasteiger partial charge in [0.15, 0.2) is 0 Å². The molecule has 0 radical (unpaired) electrons. The van der Waals surface area contributed by atoms with Crippen LogP contribution >= 0.6 is 0 Å². The van der Waals surface area contributed by atoms with E-state index in [0.717, 1.165) is 0 Å². The number of hydrogen-bond donors (Lipinski definition) is 2. The van der Waals surface area contributed by atoms with E-state index in [-0.39, 0.29) is 30.8 Å². The number of carbonyl (C=O) groups excluding carboxylic acids is 1. The molecule has 17 heavy (non-hydrogen) atoms. The van der Waals surface area contributed by atoms with Gasteiger partial charge in [-0.15, -0.1) is 0 Å². The first-order valence-corrected chi connectivity index (χ1v) is 5.08. The molecular weight excluding hydrogens is 228 g/mol. The molecule has 1 unspecified atom stereocenters. The van der Waals surface area contributed by atoms with Crippen molar-refractivity contribution in [3.63, 3.8) is 0 Å². The monoisotopic (exact) mass is 242 g/mol. The molecule has 8 heteroatoms. The molecule has 2 N–H and O–H groups in total. The predicted octanol–water partition coefficient (Wildman–Crippen LogP) is -0.464. The lowest BCUT2D eigenvalue weighted by Gasteiger charge is -2.08. The van der Waals surface area contributed by atoms with Crippen LogP contribution in [0.15, 0.2) is 12.3 Å². The van der Waals surface area contributed by atoms with Crippen molar-refractivity contribution < 1.29 is 14.8 Å². The first-order chi connectivity index (χ1) is 8.02. The molecule has 1 aromatic heterocycles. The van der Waals surface area contributed by atoms with Crippen LogP contribution < -0.4 is 5.32 Å². The Hall–Kier alpha value is -1.96. The highest BCUT2D eigenvalue weighted by atomic mass is 16.6. The van der Waals surface area contributed by atoms with Crippen LogP contribution in [0.3, 0.4) is 0 Å². The number of carbonyl (C=O) groups is 1. The first-order valence-electron chi connectivity index (χ1n) is 5.08. The summed E-state index contributed by atoms with van der Waals surface area (Å²) in [5.74, 6) is -0.615. The molecule has 1 atom stereocenters. The van der Waals surface area contributed by atoms with Gasteiger partial charge in [0.1, 0.15) is 6.54 Å². The number of aliphatic hydroxyl groups excluding tert-OH is 1. The van der Waals surface area contributed by atoms with E-state index in [0.29, 0.717) is 6.54 Å². The average Bonchev–Trinajstić information content (AvgIpc) is 2.74. The average molecular weight is 242 g/mol. The molecular formula is C9H14N4O4. The van der Waals surface area contributed by atoms with Gasteiger partial charge in [-0.1, -0.05) is 6.92 Å². The van der Waals surface area contributed by atoms with Crippen molar-refractivity contribution in [3.8, 4) is 0 Å². The second-order valence-corrected chi connectivity index (χ2v) is 3.72. The van der Waals surface area contributed by atoms with Crippen molar-refractivity contribution >= 4 is 11.7 Å². The highest BCUT2D eigenvalue weighted by Crippen LogP contribution is 2.04. The number of nitro groups is 1. The molecule has 0 bridgehead atoms. The SMILES string of the molecule is CC(CO)CNC(=O)Cn1ccc([N+](=O)[O-])n1. The number of amides is 1. The van der Waals surface area contributed by atoms with Crippen LogP contribution in [0, 0.1) is 16.0 Å². The minimum absolute atomic E-state index is 0.00643. The molecule has 1 heterocycles. The fourth-order valence-electron chi connectivity index (χ4n) is 1.09. The van der Waals surface area contributed by atoms with Gasteiger partial charge in [0.25, 0.3) is 0 Å². The lowest BCUT2D eigenvalue weighted by molar-refractivity contribution is -0.389. The summed E-state index contributed by atoms with van der Waals surface area (Å²) in [6, 6.07) is 1.23. The van der Waals surface area contributed by atoms with E-state index in [1.165, 1.54) is 16.9 Å². The molecule has 1 rings (SSSR count). The van der Waals surface area contributed by atoms with Gasteiger partial charge >= 0.3 is 5.82 Å². The number of nitrogens with zero attached hydrogens (tertiary/aromatic N) is 3. The van der Waals surface area contributed by atoms with Gasteiger partial charge in [-0.05, 0) is 10.8 Å². The fraction of sp³-hybridized carbons (Fsp3) is 0.556. The highest BCUT2D eigenvalue weighted by molar-refractivity contribution is 5.75. The van der Waals surface area contributed by atoms with E-state index in [2.05, 4.69) is 10.4 Å². The minimum Gasteiger partial charge on any atom is -0.396 e. The predicted molar refractivity (Wildman–Crippen MR) is 58.1 cm³/mol. The van der Waals surface area contributed by atoms with Gasteiger partial charge in [0.2, 0.25) is 5.91 Å². The molecule has 0 aliphatic rings. The Labute approximate surface area is 97.4 Å². The van der Waals surface area contributed by atoms with E-state index < -0.39 is 4.92 Å². The maximum atomic E-state index is 11.4. The number of aliphatic hydroxyl groups is 1. The van der Waals surface area contributed by atoms with Crippen LogP contribution in [0.5, 0.6) is 0 Å². The zero-order valence-corrected chi connectivity index (χ0v) is 9.37. The molecule has 1 amide bonds. The van der Waals surface area contributed by atoms with Gasteiger partial charge in [-0.25, -0.2) is 0 Å². The smallest absolute Gasteiger partial charge is 0.389 e. The largest absolute Gasteiger partial charge is 0.396 e. The maximum Gasteiger partial charge on any atom is 0.389 e. The molecule has 1 aromatic rings. The Morgan fingerprint density at radius 2 is 2.47 bits per heavy atom.